The van der Waals surface area contributed by atoms with Gasteiger partial charge in [0.25, 0.3) is 11.6 Å². The molecule has 2 aromatic carbocycles. The molecule has 1 aliphatic carbocycles. The maximum Gasteiger partial charge on any atom is 0.269 e. The van der Waals surface area contributed by atoms with Crippen LogP contribution in [0.2, 0.25) is 0 Å². The second-order valence-electron chi connectivity index (χ2n) is 8.60. The summed E-state index contributed by atoms with van der Waals surface area (Å²) in [7, 11) is 0. The first-order chi connectivity index (χ1) is 15.0. The van der Waals surface area contributed by atoms with Gasteiger partial charge < -0.3 is 10.0 Å². The van der Waals surface area contributed by atoms with Crippen molar-refractivity contribution in [3.05, 3.63) is 75.8 Å². The molecule has 1 amide bonds. The molecule has 1 heterocycles. The van der Waals surface area contributed by atoms with Crippen LogP contribution < -0.4 is 0 Å². The van der Waals surface area contributed by atoms with E-state index in [2.05, 4.69) is 4.90 Å². The lowest BCUT2D eigenvalue weighted by Crippen LogP contribution is -2.46. The number of likely N-dealkylation sites (tertiary alicyclic amines) is 1. The van der Waals surface area contributed by atoms with E-state index in [1.54, 1.807) is 4.90 Å². The van der Waals surface area contributed by atoms with E-state index in [0.717, 1.165) is 18.4 Å². The highest BCUT2D eigenvalue weighted by atomic mass is 79.9. The molecule has 1 saturated carbocycles. The Balaban J connectivity index is 0.00000289. The highest BCUT2D eigenvalue weighted by Gasteiger charge is 2.40. The highest BCUT2D eigenvalue weighted by Crippen LogP contribution is 2.29. The van der Waals surface area contributed by atoms with Crippen molar-refractivity contribution in [1.29, 1.82) is 0 Å². The number of amides is 1. The third-order valence-corrected chi connectivity index (χ3v) is 6.56. The number of nitro groups is 1. The third kappa shape index (κ3) is 5.54. The fourth-order valence-electron chi connectivity index (χ4n) is 4.86. The lowest BCUT2D eigenvalue weighted by atomic mass is 9.94. The van der Waals surface area contributed by atoms with Gasteiger partial charge in [0.1, 0.15) is 0 Å². The minimum atomic E-state index is -0.618. The summed E-state index contributed by atoms with van der Waals surface area (Å²) in [5.74, 6) is -0.215. The van der Waals surface area contributed by atoms with Crippen molar-refractivity contribution < 1.29 is 14.8 Å². The summed E-state index contributed by atoms with van der Waals surface area (Å²) in [6.07, 6.45) is 5.39. The van der Waals surface area contributed by atoms with E-state index in [0.29, 0.717) is 31.2 Å². The Hall–Kier alpha value is -2.29. The molecule has 2 aromatic rings. The van der Waals surface area contributed by atoms with E-state index in [1.165, 1.54) is 43.5 Å². The second-order valence-corrected chi connectivity index (χ2v) is 8.60. The van der Waals surface area contributed by atoms with Gasteiger partial charge in [-0.25, -0.2) is 0 Å². The first-order valence-corrected chi connectivity index (χ1v) is 11.0. The Kier molecular flexibility index (Phi) is 8.39. The quantitative estimate of drug-likeness (QED) is 0.471. The summed E-state index contributed by atoms with van der Waals surface area (Å²) < 4.78 is 0. The predicted octanol–water partition coefficient (Wildman–Crippen LogP) is 4.19. The fourth-order valence-corrected chi connectivity index (χ4v) is 4.86. The number of aliphatic hydroxyl groups excluding tert-OH is 1. The van der Waals surface area contributed by atoms with Gasteiger partial charge in [-0.15, -0.1) is 17.0 Å². The molecule has 7 nitrogen and oxygen atoms in total. The van der Waals surface area contributed by atoms with Crippen molar-refractivity contribution in [2.45, 2.75) is 56.8 Å². The van der Waals surface area contributed by atoms with E-state index >= 15 is 0 Å². The lowest BCUT2D eigenvalue weighted by molar-refractivity contribution is -0.384. The predicted molar refractivity (Wildman–Crippen MR) is 128 cm³/mol. The number of carbonyl (C=O) groups excluding carboxylic acids is 1. The molecule has 8 heteroatoms. The number of non-ortho nitro benzene ring substituents is 1. The molecule has 1 saturated heterocycles. The van der Waals surface area contributed by atoms with Gasteiger partial charge in [-0.2, -0.15) is 0 Å². The van der Waals surface area contributed by atoms with E-state index < -0.39 is 11.0 Å². The third-order valence-electron chi connectivity index (χ3n) is 6.56. The summed E-state index contributed by atoms with van der Waals surface area (Å²) in [5.41, 5.74) is 1.33. The first kappa shape index (κ1) is 24.4. The Morgan fingerprint density at radius 3 is 2.31 bits per heavy atom. The average Bonchev–Trinajstić information content (AvgIpc) is 3.19. The van der Waals surface area contributed by atoms with Crippen LogP contribution in [0.5, 0.6) is 0 Å². The zero-order valence-electron chi connectivity index (χ0n) is 18.0. The van der Waals surface area contributed by atoms with Crippen LogP contribution in [0.1, 0.15) is 48.0 Å². The summed E-state index contributed by atoms with van der Waals surface area (Å²) >= 11 is 0. The molecule has 0 bridgehead atoms. The number of nitro benzene ring substituents is 1. The molecule has 0 radical (unpaired) electrons. The van der Waals surface area contributed by atoms with Crippen LogP contribution in [0.15, 0.2) is 54.6 Å². The summed E-state index contributed by atoms with van der Waals surface area (Å²) in [6.45, 7) is 1.61. The van der Waals surface area contributed by atoms with Crippen LogP contribution in [0, 0.1) is 10.1 Å². The monoisotopic (exact) mass is 503 g/mol. The van der Waals surface area contributed by atoms with Crippen LogP contribution >= 0.6 is 17.0 Å². The van der Waals surface area contributed by atoms with Crippen molar-refractivity contribution in [3.8, 4) is 0 Å². The maximum absolute atomic E-state index is 13.5. The largest absolute Gasteiger partial charge is 0.390 e. The fraction of sp³-hybridized carbons (Fsp3) is 0.458. The molecule has 1 aliphatic heterocycles. The van der Waals surface area contributed by atoms with Gasteiger partial charge >= 0.3 is 0 Å². The van der Waals surface area contributed by atoms with Crippen LogP contribution in [-0.2, 0) is 6.54 Å². The van der Waals surface area contributed by atoms with Crippen molar-refractivity contribution in [1.82, 2.24) is 9.80 Å². The Morgan fingerprint density at radius 1 is 1.03 bits per heavy atom. The molecule has 1 N–H and O–H groups in total. The number of β-amino-alcohol motifs (C(OH)–C–C–N with tert-alkyl or cyclic N) is 1. The van der Waals surface area contributed by atoms with Gasteiger partial charge in [-0.1, -0.05) is 49.6 Å². The molecule has 0 aromatic heterocycles. The van der Waals surface area contributed by atoms with Crippen molar-refractivity contribution >= 4 is 28.6 Å². The summed E-state index contributed by atoms with van der Waals surface area (Å²) in [5, 5.41) is 21.9. The van der Waals surface area contributed by atoms with Gasteiger partial charge in [-0.3, -0.25) is 19.8 Å². The number of hydrogen-bond acceptors (Lipinski definition) is 5. The minimum Gasteiger partial charge on any atom is -0.390 e. The Morgan fingerprint density at radius 2 is 1.69 bits per heavy atom. The molecule has 2 atom stereocenters. The van der Waals surface area contributed by atoms with Crippen molar-refractivity contribution in [2.75, 3.05) is 13.1 Å². The molecule has 32 heavy (non-hydrogen) atoms. The number of hydrogen-bond donors (Lipinski definition) is 1. The molecule has 172 valence electrons. The maximum atomic E-state index is 13.5. The number of nitrogens with zero attached hydrogens (tertiary/aromatic N) is 3. The minimum absolute atomic E-state index is 0. The van der Waals surface area contributed by atoms with Gasteiger partial charge in [0.05, 0.1) is 17.1 Å². The van der Waals surface area contributed by atoms with Gasteiger partial charge in [-0.05, 0) is 30.5 Å². The van der Waals surface area contributed by atoms with Crippen LogP contribution in [0.25, 0.3) is 0 Å². The topological polar surface area (TPSA) is 86.9 Å². The number of carbonyl (C=O) groups is 1. The molecular formula is C24H30BrN3O4. The van der Waals surface area contributed by atoms with Gasteiger partial charge in [0.2, 0.25) is 0 Å². The molecule has 0 spiro atoms. The van der Waals surface area contributed by atoms with Crippen LogP contribution in [-0.4, -0.2) is 57.0 Å². The van der Waals surface area contributed by atoms with E-state index in [-0.39, 0.29) is 34.6 Å². The lowest BCUT2D eigenvalue weighted by Gasteiger charge is -2.33. The summed E-state index contributed by atoms with van der Waals surface area (Å²) in [4.78, 5) is 28.0. The number of benzene rings is 2. The van der Waals surface area contributed by atoms with Crippen LogP contribution in [0.4, 0.5) is 5.69 Å². The van der Waals surface area contributed by atoms with Gasteiger partial charge in [0.15, 0.2) is 0 Å². The Labute approximate surface area is 198 Å². The SMILES string of the molecule is Br.O=C(c1ccc([N+](=O)[O-])cc1)N(Cc1ccccc1)C1CN(C2CCCCC2)CC1O. The average molecular weight is 504 g/mol. The smallest absolute Gasteiger partial charge is 0.269 e. The highest BCUT2D eigenvalue weighted by molar-refractivity contribution is 8.93. The first-order valence-electron chi connectivity index (χ1n) is 11.0. The van der Waals surface area contributed by atoms with E-state index in [4.69, 9.17) is 0 Å². The van der Waals surface area contributed by atoms with E-state index in [9.17, 15) is 20.0 Å². The van der Waals surface area contributed by atoms with Crippen molar-refractivity contribution in [3.63, 3.8) is 0 Å². The van der Waals surface area contributed by atoms with E-state index in [1.807, 2.05) is 30.3 Å². The summed E-state index contributed by atoms with van der Waals surface area (Å²) in [6, 6.07) is 15.6. The zero-order chi connectivity index (χ0) is 21.8. The Bertz CT molecular complexity index is 903. The molecule has 2 unspecified atom stereocenters. The number of rotatable bonds is 6. The number of halogens is 1. The molecule has 2 aliphatic rings. The molecule has 4 rings (SSSR count). The van der Waals surface area contributed by atoms with Gasteiger partial charge in [0, 0.05) is 43.4 Å². The van der Waals surface area contributed by atoms with Crippen LogP contribution in [0.3, 0.4) is 0 Å². The standard InChI is InChI=1S/C24H29N3O4.BrH/c28-23-17-25(20-9-5-2-6-10-20)16-22(23)26(15-18-7-3-1-4-8-18)24(29)19-11-13-21(14-12-19)27(30)31;/h1,3-4,7-8,11-14,20,22-23,28H,2,5-6,9-10,15-17H2;1H. The normalized spacial score (nSPS) is 21.7. The zero-order valence-corrected chi connectivity index (χ0v) is 19.7. The van der Waals surface area contributed by atoms with Crippen molar-refractivity contribution in [2.24, 2.45) is 0 Å². The second kappa shape index (κ2) is 11.0. The number of aliphatic hydroxyl groups is 1. The molecular weight excluding hydrogens is 474 g/mol. The molecule has 2 fully saturated rings.